The molecular formula is C22H17N3O5S2. The van der Waals surface area contributed by atoms with Crippen LogP contribution in [0, 0.1) is 0 Å². The number of thioether (sulfide) groups is 1. The van der Waals surface area contributed by atoms with Crippen molar-refractivity contribution in [3.8, 4) is 17.2 Å². The predicted octanol–water partition coefficient (Wildman–Crippen LogP) is 3.73. The molecule has 0 bridgehead atoms. The Morgan fingerprint density at radius 2 is 1.94 bits per heavy atom. The number of hydrogen-bond donors (Lipinski definition) is 1. The number of aromatic nitrogens is 1. The molecule has 10 heteroatoms. The topological polar surface area (TPSA) is 89.9 Å². The summed E-state index contributed by atoms with van der Waals surface area (Å²) in [6.45, 7) is 0.426. The Morgan fingerprint density at radius 1 is 1.12 bits per heavy atom. The Labute approximate surface area is 191 Å². The van der Waals surface area contributed by atoms with E-state index in [-0.39, 0.29) is 36.9 Å². The van der Waals surface area contributed by atoms with Crippen LogP contribution in [0.1, 0.15) is 15.2 Å². The van der Waals surface area contributed by atoms with E-state index >= 15 is 0 Å². The lowest BCUT2D eigenvalue weighted by Gasteiger charge is -2.13. The smallest absolute Gasteiger partial charge is 0.293 e. The van der Waals surface area contributed by atoms with Gasteiger partial charge in [0.2, 0.25) is 6.79 Å². The minimum atomic E-state index is -0.379. The van der Waals surface area contributed by atoms with Crippen molar-refractivity contribution in [1.29, 1.82) is 0 Å². The van der Waals surface area contributed by atoms with Gasteiger partial charge in [0.05, 0.1) is 10.6 Å². The van der Waals surface area contributed by atoms with Crippen molar-refractivity contribution < 1.29 is 23.9 Å². The third-order valence-corrected chi connectivity index (χ3v) is 6.73. The minimum Gasteiger partial charge on any atom is -0.454 e. The first-order chi connectivity index (χ1) is 15.6. The number of carbonyl (C=O) groups is 3. The molecule has 162 valence electrons. The first-order valence-electron chi connectivity index (χ1n) is 9.74. The third-order valence-electron chi connectivity index (χ3n) is 4.92. The molecule has 2 aliphatic rings. The molecule has 0 saturated carbocycles. The maximum absolute atomic E-state index is 12.7. The van der Waals surface area contributed by atoms with Crippen molar-refractivity contribution in [2.24, 2.45) is 0 Å². The molecule has 1 fully saturated rings. The van der Waals surface area contributed by atoms with Gasteiger partial charge in [-0.3, -0.25) is 19.3 Å². The largest absolute Gasteiger partial charge is 0.454 e. The summed E-state index contributed by atoms with van der Waals surface area (Å²) >= 11 is 2.22. The highest BCUT2D eigenvalue weighted by Gasteiger charge is 2.34. The molecule has 1 N–H and O–H groups in total. The van der Waals surface area contributed by atoms with Gasteiger partial charge in [-0.25, -0.2) is 0 Å². The lowest BCUT2D eigenvalue weighted by Crippen LogP contribution is -2.37. The number of thiophene rings is 1. The number of fused-ring (bicyclic) bond motifs is 1. The fourth-order valence-corrected chi connectivity index (χ4v) is 5.05. The second kappa shape index (κ2) is 8.56. The molecule has 3 amide bonds. The predicted molar refractivity (Wildman–Crippen MR) is 121 cm³/mol. The van der Waals surface area contributed by atoms with Gasteiger partial charge < -0.3 is 19.4 Å². The van der Waals surface area contributed by atoms with Gasteiger partial charge in [-0.1, -0.05) is 6.07 Å². The third kappa shape index (κ3) is 3.90. The van der Waals surface area contributed by atoms with Gasteiger partial charge in [-0.2, -0.15) is 0 Å². The molecule has 4 heterocycles. The van der Waals surface area contributed by atoms with E-state index in [0.29, 0.717) is 21.3 Å². The van der Waals surface area contributed by atoms with Crippen LogP contribution in [-0.2, 0) is 4.79 Å². The van der Waals surface area contributed by atoms with Crippen LogP contribution in [0.5, 0.6) is 11.5 Å². The monoisotopic (exact) mass is 467 g/mol. The summed E-state index contributed by atoms with van der Waals surface area (Å²) in [4.78, 5) is 39.7. The molecule has 0 atom stereocenters. The fourth-order valence-electron chi connectivity index (χ4n) is 3.38. The van der Waals surface area contributed by atoms with Crippen molar-refractivity contribution in [3.05, 3.63) is 69.5 Å². The van der Waals surface area contributed by atoms with Crippen LogP contribution in [0.3, 0.4) is 0 Å². The standard InChI is InChI=1S/C22H17N3O5S2/c26-20(19-15(5-10-31-19)24-7-1-2-8-24)23-6-9-25-21(27)18(32-22(25)28)12-14-3-4-16-17(11-14)30-13-29-16/h1-5,7-8,10-12H,6,9,13H2,(H,23,26)/b18-12-. The minimum absolute atomic E-state index is 0.0963. The summed E-state index contributed by atoms with van der Waals surface area (Å²) in [5, 5.41) is 4.29. The number of benzene rings is 1. The van der Waals surface area contributed by atoms with Crippen molar-refractivity contribution >= 4 is 46.2 Å². The molecule has 1 aromatic carbocycles. The highest BCUT2D eigenvalue weighted by molar-refractivity contribution is 8.18. The van der Waals surface area contributed by atoms with Crippen molar-refractivity contribution in [3.63, 3.8) is 0 Å². The molecule has 3 aromatic rings. The normalized spacial score (nSPS) is 16.2. The van der Waals surface area contributed by atoms with Gasteiger partial charge in [-0.05, 0) is 59.1 Å². The molecule has 1 saturated heterocycles. The zero-order valence-electron chi connectivity index (χ0n) is 16.6. The van der Waals surface area contributed by atoms with E-state index in [1.807, 2.05) is 40.5 Å². The van der Waals surface area contributed by atoms with Crippen molar-refractivity contribution in [2.75, 3.05) is 19.9 Å². The molecule has 2 aliphatic heterocycles. The molecule has 0 radical (unpaired) electrons. The van der Waals surface area contributed by atoms with Gasteiger partial charge >= 0.3 is 0 Å². The summed E-state index contributed by atoms with van der Waals surface area (Å²) in [5.41, 5.74) is 1.53. The molecule has 8 nitrogen and oxygen atoms in total. The molecule has 2 aromatic heterocycles. The maximum atomic E-state index is 12.7. The average molecular weight is 468 g/mol. The zero-order valence-corrected chi connectivity index (χ0v) is 18.3. The number of hydrogen-bond acceptors (Lipinski definition) is 7. The second-order valence-electron chi connectivity index (χ2n) is 6.93. The summed E-state index contributed by atoms with van der Waals surface area (Å²) in [6, 6.07) is 11.0. The Balaban J connectivity index is 1.21. The lowest BCUT2D eigenvalue weighted by atomic mass is 10.2. The molecule has 32 heavy (non-hydrogen) atoms. The van der Waals surface area contributed by atoms with E-state index in [9.17, 15) is 14.4 Å². The van der Waals surface area contributed by atoms with Gasteiger partial charge in [0.25, 0.3) is 17.1 Å². The summed E-state index contributed by atoms with van der Waals surface area (Å²) in [7, 11) is 0. The van der Waals surface area contributed by atoms with Crippen LogP contribution >= 0.6 is 23.1 Å². The summed E-state index contributed by atoms with van der Waals surface area (Å²) in [5.74, 6) is 0.632. The van der Waals surface area contributed by atoms with Crippen LogP contribution in [0.15, 0.2) is 59.1 Å². The van der Waals surface area contributed by atoms with Crippen LogP contribution in [-0.4, -0.2) is 46.4 Å². The highest BCUT2D eigenvalue weighted by Crippen LogP contribution is 2.36. The Morgan fingerprint density at radius 3 is 2.78 bits per heavy atom. The molecule has 0 spiro atoms. The number of carbonyl (C=O) groups excluding carboxylic acids is 3. The first kappa shape index (κ1) is 20.4. The van der Waals surface area contributed by atoms with Gasteiger partial charge in [0.15, 0.2) is 11.5 Å². The Hall–Kier alpha value is -3.50. The average Bonchev–Trinajstić information content (AvgIpc) is 3.57. The SMILES string of the molecule is O=C(NCCN1C(=O)S/C(=C\c2ccc3c(c2)OCO3)C1=O)c1sccc1-n1cccc1. The van der Waals surface area contributed by atoms with Crippen LogP contribution in [0.25, 0.3) is 11.8 Å². The molecular weight excluding hydrogens is 450 g/mol. The quantitative estimate of drug-likeness (QED) is 0.556. The summed E-state index contributed by atoms with van der Waals surface area (Å²) in [6.07, 6.45) is 5.39. The zero-order chi connectivity index (χ0) is 22.1. The van der Waals surface area contributed by atoms with Crippen LogP contribution < -0.4 is 14.8 Å². The number of nitrogens with zero attached hydrogens (tertiary/aromatic N) is 2. The molecule has 5 rings (SSSR count). The van der Waals surface area contributed by atoms with Crippen molar-refractivity contribution in [1.82, 2.24) is 14.8 Å². The van der Waals surface area contributed by atoms with E-state index in [1.165, 1.54) is 11.3 Å². The van der Waals surface area contributed by atoms with E-state index in [0.717, 1.165) is 27.9 Å². The number of imide groups is 1. The van der Waals surface area contributed by atoms with Crippen LogP contribution in [0.2, 0.25) is 0 Å². The van der Waals surface area contributed by atoms with E-state index in [4.69, 9.17) is 9.47 Å². The Bertz CT molecular complexity index is 1230. The van der Waals surface area contributed by atoms with Crippen LogP contribution in [0.4, 0.5) is 4.79 Å². The second-order valence-corrected chi connectivity index (χ2v) is 8.84. The number of amides is 3. The number of ether oxygens (including phenoxy) is 2. The van der Waals surface area contributed by atoms with Crippen molar-refractivity contribution in [2.45, 2.75) is 0 Å². The number of rotatable bonds is 6. The number of nitrogens with one attached hydrogen (secondary N) is 1. The highest BCUT2D eigenvalue weighted by atomic mass is 32.2. The van der Waals surface area contributed by atoms with E-state index in [1.54, 1.807) is 24.3 Å². The molecule has 0 unspecified atom stereocenters. The lowest BCUT2D eigenvalue weighted by molar-refractivity contribution is -0.122. The molecule has 0 aliphatic carbocycles. The first-order valence-corrected chi connectivity index (χ1v) is 11.4. The van der Waals surface area contributed by atoms with Gasteiger partial charge in [0, 0.05) is 25.5 Å². The Kier molecular flexibility index (Phi) is 5.46. The maximum Gasteiger partial charge on any atom is 0.293 e. The van der Waals surface area contributed by atoms with Gasteiger partial charge in [0.1, 0.15) is 4.88 Å². The summed E-state index contributed by atoms with van der Waals surface area (Å²) < 4.78 is 12.5. The van der Waals surface area contributed by atoms with E-state index in [2.05, 4.69) is 5.32 Å². The fraction of sp³-hybridized carbons (Fsp3) is 0.136. The van der Waals surface area contributed by atoms with Gasteiger partial charge in [-0.15, -0.1) is 11.3 Å². The van der Waals surface area contributed by atoms with E-state index < -0.39 is 0 Å².